The Kier molecular flexibility index (Phi) is 2.70. The summed E-state index contributed by atoms with van der Waals surface area (Å²) in [5, 5.41) is 0. The van der Waals surface area contributed by atoms with Crippen molar-refractivity contribution in [2.75, 3.05) is 0 Å². The van der Waals surface area contributed by atoms with Crippen molar-refractivity contribution in [2.24, 2.45) is 34.5 Å². The molecule has 102 valence electrons. The fraction of sp³-hybridized carbons (Fsp3) is 0.941. The number of carbonyl (C=O) groups excluding carboxylic acids is 1. The molecule has 0 saturated heterocycles. The predicted molar refractivity (Wildman–Crippen MR) is 74.2 cm³/mol. The third kappa shape index (κ3) is 1.55. The Morgan fingerprint density at radius 1 is 1.11 bits per heavy atom. The summed E-state index contributed by atoms with van der Waals surface area (Å²) < 4.78 is 0. The van der Waals surface area contributed by atoms with Crippen LogP contribution in [0.2, 0.25) is 0 Å². The average molecular weight is 248 g/mol. The van der Waals surface area contributed by atoms with Crippen molar-refractivity contribution in [1.82, 2.24) is 0 Å². The number of hydrogen-bond donors (Lipinski definition) is 0. The maximum atomic E-state index is 11.9. The molecule has 0 aromatic rings. The van der Waals surface area contributed by atoms with Crippen LogP contribution >= 0.6 is 0 Å². The Morgan fingerprint density at radius 2 is 1.83 bits per heavy atom. The molecule has 5 atom stereocenters. The molecule has 3 fully saturated rings. The monoisotopic (exact) mass is 248 g/mol. The summed E-state index contributed by atoms with van der Waals surface area (Å²) in [5.74, 6) is 3.58. The highest BCUT2D eigenvalue weighted by Gasteiger charge is 2.62. The number of carbonyl (C=O) groups is 1. The van der Waals surface area contributed by atoms with Crippen LogP contribution in [0.15, 0.2) is 0 Å². The lowest BCUT2D eigenvalue weighted by Crippen LogP contribution is -2.38. The van der Waals surface area contributed by atoms with Crippen LogP contribution in [0.3, 0.4) is 0 Å². The number of fused-ring (bicyclic) bond motifs is 2. The first-order valence-electron chi connectivity index (χ1n) is 7.86. The third-order valence-corrected chi connectivity index (χ3v) is 7.20. The molecule has 3 aliphatic carbocycles. The minimum atomic E-state index is 0.500. The van der Waals surface area contributed by atoms with E-state index in [4.69, 9.17) is 0 Å². The van der Waals surface area contributed by atoms with Gasteiger partial charge in [-0.1, -0.05) is 27.7 Å². The van der Waals surface area contributed by atoms with Crippen LogP contribution in [0.25, 0.3) is 0 Å². The molecule has 2 bridgehead atoms. The number of ketones is 1. The van der Waals surface area contributed by atoms with Crippen LogP contribution in [0.5, 0.6) is 0 Å². The van der Waals surface area contributed by atoms with E-state index in [0.717, 1.165) is 24.7 Å². The van der Waals surface area contributed by atoms with Gasteiger partial charge in [0.1, 0.15) is 5.78 Å². The van der Waals surface area contributed by atoms with E-state index in [-0.39, 0.29) is 0 Å². The van der Waals surface area contributed by atoms with Crippen molar-refractivity contribution >= 4 is 5.78 Å². The van der Waals surface area contributed by atoms with Crippen LogP contribution in [0.1, 0.15) is 66.2 Å². The first-order valence-corrected chi connectivity index (χ1v) is 7.86. The molecule has 3 rings (SSSR count). The average Bonchev–Trinajstić information content (AvgIpc) is 2.59. The van der Waals surface area contributed by atoms with Crippen molar-refractivity contribution in [3.05, 3.63) is 0 Å². The van der Waals surface area contributed by atoms with Gasteiger partial charge in [-0.15, -0.1) is 0 Å². The van der Waals surface area contributed by atoms with E-state index in [2.05, 4.69) is 27.7 Å². The highest BCUT2D eigenvalue weighted by molar-refractivity contribution is 5.79. The van der Waals surface area contributed by atoms with Crippen molar-refractivity contribution < 1.29 is 4.79 Å². The van der Waals surface area contributed by atoms with Gasteiger partial charge in [-0.25, -0.2) is 0 Å². The summed E-state index contributed by atoms with van der Waals surface area (Å²) in [7, 11) is 0. The van der Waals surface area contributed by atoms with E-state index >= 15 is 0 Å². The molecule has 0 heterocycles. The summed E-state index contributed by atoms with van der Waals surface area (Å²) in [5.41, 5.74) is 1.00. The van der Waals surface area contributed by atoms with Crippen LogP contribution in [-0.2, 0) is 4.79 Å². The molecule has 0 aliphatic heterocycles. The fourth-order valence-corrected chi connectivity index (χ4v) is 5.73. The maximum absolute atomic E-state index is 11.9. The topological polar surface area (TPSA) is 17.1 Å². The molecule has 0 spiro atoms. The summed E-state index contributed by atoms with van der Waals surface area (Å²) >= 11 is 0. The molecular weight excluding hydrogens is 220 g/mol. The van der Waals surface area contributed by atoms with E-state index in [0.29, 0.717) is 28.4 Å². The third-order valence-electron chi connectivity index (χ3n) is 7.20. The van der Waals surface area contributed by atoms with Crippen LogP contribution in [-0.4, -0.2) is 5.78 Å². The van der Waals surface area contributed by atoms with Gasteiger partial charge in [0.15, 0.2) is 0 Å². The summed E-state index contributed by atoms with van der Waals surface area (Å²) in [4.78, 5) is 11.9. The lowest BCUT2D eigenvalue weighted by atomic mass is 9.60. The summed E-state index contributed by atoms with van der Waals surface area (Å²) in [6, 6.07) is 0. The maximum Gasteiger partial charge on any atom is 0.133 e. The van der Waals surface area contributed by atoms with E-state index in [1.165, 1.54) is 25.7 Å². The predicted octanol–water partition coefficient (Wildman–Crippen LogP) is 4.45. The Hall–Kier alpha value is -0.330. The minimum absolute atomic E-state index is 0.500. The molecule has 2 unspecified atom stereocenters. The van der Waals surface area contributed by atoms with Gasteiger partial charge in [-0.05, 0) is 60.2 Å². The first-order chi connectivity index (χ1) is 8.34. The van der Waals surface area contributed by atoms with E-state index < -0.39 is 0 Å². The number of hydrogen-bond acceptors (Lipinski definition) is 1. The zero-order chi connectivity index (χ0) is 13.1. The van der Waals surface area contributed by atoms with Gasteiger partial charge in [0.2, 0.25) is 0 Å². The Morgan fingerprint density at radius 3 is 2.33 bits per heavy atom. The van der Waals surface area contributed by atoms with Crippen molar-refractivity contribution in [3.8, 4) is 0 Å². The van der Waals surface area contributed by atoms with Crippen LogP contribution in [0, 0.1) is 34.5 Å². The lowest BCUT2D eigenvalue weighted by molar-refractivity contribution is -0.124. The van der Waals surface area contributed by atoms with Crippen LogP contribution < -0.4 is 0 Å². The number of rotatable bonds is 1. The normalized spacial score (nSPS) is 50.8. The number of Topliss-reactive ketones (excluding diaryl/α,β-unsaturated/α-hetero) is 1. The van der Waals surface area contributed by atoms with Crippen molar-refractivity contribution in [2.45, 2.75) is 66.2 Å². The molecular formula is C17H28O. The quantitative estimate of drug-likeness (QED) is 0.670. The Balaban J connectivity index is 1.84. The van der Waals surface area contributed by atoms with Gasteiger partial charge in [0.25, 0.3) is 0 Å². The smallest absolute Gasteiger partial charge is 0.133 e. The second-order valence-electron chi connectivity index (χ2n) is 8.26. The molecule has 0 aromatic carbocycles. The standard InChI is InChI=1S/C17H28O/c1-11-7-12(9-14(18)8-11)15-10-13-5-6-17(15,4)16(13,2)3/h11-13,15H,5-10H2,1-4H3/t11?,12?,13-,15+,17+/m1/s1. The SMILES string of the molecule is CC1CC(=O)CC([C@@H]2C[C@H]3CC[C@]2(C)C3(C)C)C1. The van der Waals surface area contributed by atoms with Crippen LogP contribution in [0.4, 0.5) is 0 Å². The van der Waals surface area contributed by atoms with Gasteiger partial charge >= 0.3 is 0 Å². The first kappa shape index (κ1) is 12.7. The zero-order valence-electron chi connectivity index (χ0n) is 12.5. The largest absolute Gasteiger partial charge is 0.300 e. The molecule has 0 radical (unpaired) electrons. The minimum Gasteiger partial charge on any atom is -0.300 e. The Labute approximate surface area is 112 Å². The summed E-state index contributed by atoms with van der Waals surface area (Å²) in [6.07, 6.45) is 7.24. The van der Waals surface area contributed by atoms with Gasteiger partial charge in [-0.2, -0.15) is 0 Å². The molecule has 3 aliphatic rings. The molecule has 1 heteroatoms. The summed E-state index contributed by atoms with van der Waals surface area (Å²) in [6.45, 7) is 9.76. The van der Waals surface area contributed by atoms with E-state index in [1.807, 2.05) is 0 Å². The molecule has 0 N–H and O–H groups in total. The zero-order valence-corrected chi connectivity index (χ0v) is 12.5. The molecule has 0 amide bonds. The van der Waals surface area contributed by atoms with E-state index in [1.54, 1.807) is 0 Å². The van der Waals surface area contributed by atoms with Gasteiger partial charge in [-0.3, -0.25) is 4.79 Å². The fourth-order valence-electron chi connectivity index (χ4n) is 5.73. The molecule has 0 aromatic heterocycles. The highest BCUT2D eigenvalue weighted by Crippen LogP contribution is 2.70. The van der Waals surface area contributed by atoms with Gasteiger partial charge in [0, 0.05) is 12.8 Å². The second kappa shape index (κ2) is 3.84. The molecule has 1 nitrogen and oxygen atoms in total. The molecule has 18 heavy (non-hydrogen) atoms. The van der Waals surface area contributed by atoms with Crippen molar-refractivity contribution in [3.63, 3.8) is 0 Å². The highest BCUT2D eigenvalue weighted by atomic mass is 16.1. The van der Waals surface area contributed by atoms with Gasteiger partial charge < -0.3 is 0 Å². The van der Waals surface area contributed by atoms with E-state index in [9.17, 15) is 4.79 Å². The lowest BCUT2D eigenvalue weighted by Gasteiger charge is -2.44. The van der Waals surface area contributed by atoms with Gasteiger partial charge in [0.05, 0.1) is 0 Å². The second-order valence-corrected chi connectivity index (χ2v) is 8.26. The van der Waals surface area contributed by atoms with Crippen molar-refractivity contribution in [1.29, 1.82) is 0 Å². The Bertz CT molecular complexity index is 370. The molecule has 3 saturated carbocycles.